The zero-order chi connectivity index (χ0) is 18.4. The number of benzene rings is 2. The zero-order valence-corrected chi connectivity index (χ0v) is 14.9. The molecule has 0 bridgehead atoms. The van der Waals surface area contributed by atoms with Crippen LogP contribution in [0.25, 0.3) is 11.4 Å². The number of hydrogen-bond donors (Lipinski definition) is 2. The zero-order valence-electron chi connectivity index (χ0n) is 14.9. The van der Waals surface area contributed by atoms with Crippen molar-refractivity contribution in [3.63, 3.8) is 0 Å². The predicted octanol–water partition coefficient (Wildman–Crippen LogP) is 4.61. The summed E-state index contributed by atoms with van der Waals surface area (Å²) in [5.41, 5.74) is 1.93. The molecule has 3 aromatic rings. The van der Waals surface area contributed by atoms with Crippen LogP contribution in [0, 0.1) is 0 Å². The summed E-state index contributed by atoms with van der Waals surface area (Å²) in [4.78, 5) is 21.7. The van der Waals surface area contributed by atoms with Crippen molar-refractivity contribution < 1.29 is 4.79 Å². The average Bonchev–Trinajstić information content (AvgIpc) is 2.69. The van der Waals surface area contributed by atoms with E-state index < -0.39 is 0 Å². The third-order valence-corrected chi connectivity index (χ3v) is 4.03. The topological polar surface area (TPSA) is 66.9 Å². The van der Waals surface area contributed by atoms with Gasteiger partial charge in [0.2, 0.25) is 0 Å². The molecule has 2 aromatic carbocycles. The third kappa shape index (κ3) is 4.45. The quantitative estimate of drug-likeness (QED) is 0.684. The van der Waals surface area contributed by atoms with Gasteiger partial charge in [-0.3, -0.25) is 4.79 Å². The largest absolute Gasteiger partial charge is 0.367 e. The highest BCUT2D eigenvalue weighted by Gasteiger charge is 2.14. The Hall–Kier alpha value is -3.21. The van der Waals surface area contributed by atoms with Crippen molar-refractivity contribution in [2.45, 2.75) is 26.3 Å². The SMILES string of the molecule is CCC(C)Nc1cc(C(=O)Nc2ccccc2)nc(-c2ccccc2)n1. The number of aromatic nitrogens is 2. The van der Waals surface area contributed by atoms with Gasteiger partial charge in [0.1, 0.15) is 11.5 Å². The van der Waals surface area contributed by atoms with Crippen LogP contribution in [-0.2, 0) is 0 Å². The molecule has 1 amide bonds. The van der Waals surface area contributed by atoms with Gasteiger partial charge in [0.25, 0.3) is 5.91 Å². The van der Waals surface area contributed by atoms with Gasteiger partial charge >= 0.3 is 0 Å². The molecule has 1 unspecified atom stereocenters. The molecule has 1 aromatic heterocycles. The van der Waals surface area contributed by atoms with Gasteiger partial charge in [-0.25, -0.2) is 9.97 Å². The van der Waals surface area contributed by atoms with E-state index in [1.807, 2.05) is 60.7 Å². The second-order valence-electron chi connectivity index (χ2n) is 6.10. The standard InChI is InChI=1S/C21H22N4O/c1-3-15(2)22-19-14-18(21(26)23-17-12-8-5-9-13-17)24-20(25-19)16-10-6-4-7-11-16/h4-15H,3H2,1-2H3,(H,23,26)(H,22,24,25). The summed E-state index contributed by atoms with van der Waals surface area (Å²) in [6, 6.07) is 20.9. The third-order valence-electron chi connectivity index (χ3n) is 4.03. The summed E-state index contributed by atoms with van der Waals surface area (Å²) in [7, 11) is 0. The Bertz CT molecular complexity index is 866. The lowest BCUT2D eigenvalue weighted by atomic mass is 10.2. The summed E-state index contributed by atoms with van der Waals surface area (Å²) in [6.07, 6.45) is 0.955. The minimum atomic E-state index is -0.261. The van der Waals surface area contributed by atoms with Crippen LogP contribution in [0.5, 0.6) is 0 Å². The Morgan fingerprint density at radius 2 is 1.65 bits per heavy atom. The fourth-order valence-electron chi connectivity index (χ4n) is 2.42. The average molecular weight is 346 g/mol. The van der Waals surface area contributed by atoms with Gasteiger partial charge in [0.05, 0.1) is 0 Å². The molecule has 0 aliphatic carbocycles. The van der Waals surface area contributed by atoms with E-state index in [9.17, 15) is 4.79 Å². The number of hydrogen-bond acceptors (Lipinski definition) is 4. The summed E-state index contributed by atoms with van der Waals surface area (Å²) >= 11 is 0. The second kappa shape index (κ2) is 8.25. The van der Waals surface area contributed by atoms with Crippen LogP contribution in [0.2, 0.25) is 0 Å². The van der Waals surface area contributed by atoms with Gasteiger partial charge in [-0.1, -0.05) is 55.5 Å². The van der Waals surface area contributed by atoms with E-state index in [4.69, 9.17) is 0 Å². The fourth-order valence-corrected chi connectivity index (χ4v) is 2.42. The van der Waals surface area contributed by atoms with Gasteiger partial charge in [-0.15, -0.1) is 0 Å². The number of carbonyl (C=O) groups is 1. The summed E-state index contributed by atoms with van der Waals surface area (Å²) in [6.45, 7) is 4.17. The van der Waals surface area contributed by atoms with E-state index in [2.05, 4.69) is 34.4 Å². The molecule has 0 aliphatic rings. The minimum absolute atomic E-state index is 0.249. The maximum Gasteiger partial charge on any atom is 0.274 e. The molecule has 0 aliphatic heterocycles. The van der Waals surface area contributed by atoms with Gasteiger partial charge in [-0.05, 0) is 25.5 Å². The van der Waals surface area contributed by atoms with Crippen molar-refractivity contribution in [1.82, 2.24) is 9.97 Å². The monoisotopic (exact) mass is 346 g/mol. The van der Waals surface area contributed by atoms with Crippen LogP contribution in [0.1, 0.15) is 30.8 Å². The Kier molecular flexibility index (Phi) is 5.59. The highest BCUT2D eigenvalue weighted by atomic mass is 16.1. The summed E-state index contributed by atoms with van der Waals surface area (Å²) in [5.74, 6) is 0.909. The molecule has 132 valence electrons. The molecule has 1 heterocycles. The molecular weight excluding hydrogens is 324 g/mol. The predicted molar refractivity (Wildman–Crippen MR) is 105 cm³/mol. The molecule has 0 saturated heterocycles. The second-order valence-corrected chi connectivity index (χ2v) is 6.10. The van der Waals surface area contributed by atoms with E-state index in [0.29, 0.717) is 17.3 Å². The van der Waals surface area contributed by atoms with Crippen LogP contribution >= 0.6 is 0 Å². The molecule has 26 heavy (non-hydrogen) atoms. The molecule has 5 nitrogen and oxygen atoms in total. The maximum absolute atomic E-state index is 12.7. The van der Waals surface area contributed by atoms with E-state index in [1.54, 1.807) is 6.07 Å². The lowest BCUT2D eigenvalue weighted by molar-refractivity contribution is 0.102. The molecule has 2 N–H and O–H groups in total. The van der Waals surface area contributed by atoms with Crippen LogP contribution in [0.4, 0.5) is 11.5 Å². The first-order valence-electron chi connectivity index (χ1n) is 8.73. The maximum atomic E-state index is 12.7. The van der Waals surface area contributed by atoms with Gasteiger partial charge in [0.15, 0.2) is 5.82 Å². The van der Waals surface area contributed by atoms with Gasteiger partial charge in [0, 0.05) is 23.4 Å². The Morgan fingerprint density at radius 1 is 1.00 bits per heavy atom. The van der Waals surface area contributed by atoms with Crippen LogP contribution in [0.15, 0.2) is 66.7 Å². The van der Waals surface area contributed by atoms with Crippen LogP contribution in [-0.4, -0.2) is 21.9 Å². The first-order valence-corrected chi connectivity index (χ1v) is 8.73. The molecule has 0 fully saturated rings. The smallest absolute Gasteiger partial charge is 0.274 e. The molecule has 0 saturated carbocycles. The van der Waals surface area contributed by atoms with Crippen LogP contribution < -0.4 is 10.6 Å². The number of anilines is 2. The molecule has 1 atom stereocenters. The lowest BCUT2D eigenvalue weighted by Gasteiger charge is -2.14. The van der Waals surface area contributed by atoms with Crippen molar-refractivity contribution in [1.29, 1.82) is 0 Å². The van der Waals surface area contributed by atoms with E-state index in [1.165, 1.54) is 0 Å². The first-order chi connectivity index (χ1) is 12.7. The normalized spacial score (nSPS) is 11.6. The molecule has 0 radical (unpaired) electrons. The number of para-hydroxylation sites is 1. The van der Waals surface area contributed by atoms with Crippen LogP contribution in [0.3, 0.4) is 0 Å². The van der Waals surface area contributed by atoms with E-state index in [0.717, 1.165) is 17.7 Å². The highest BCUT2D eigenvalue weighted by molar-refractivity contribution is 6.03. The molecule has 5 heteroatoms. The molecule has 0 spiro atoms. The van der Waals surface area contributed by atoms with E-state index >= 15 is 0 Å². The minimum Gasteiger partial charge on any atom is -0.367 e. The lowest BCUT2D eigenvalue weighted by Crippen LogP contribution is -2.18. The number of rotatable bonds is 6. The van der Waals surface area contributed by atoms with E-state index in [-0.39, 0.29) is 11.9 Å². The summed E-state index contributed by atoms with van der Waals surface area (Å²) in [5, 5.41) is 6.20. The summed E-state index contributed by atoms with van der Waals surface area (Å²) < 4.78 is 0. The first kappa shape index (κ1) is 17.6. The Morgan fingerprint density at radius 3 is 2.31 bits per heavy atom. The number of nitrogens with one attached hydrogen (secondary N) is 2. The van der Waals surface area contributed by atoms with Gasteiger partial charge < -0.3 is 10.6 Å². The van der Waals surface area contributed by atoms with Crippen molar-refractivity contribution >= 4 is 17.4 Å². The van der Waals surface area contributed by atoms with Gasteiger partial charge in [-0.2, -0.15) is 0 Å². The molecule has 3 rings (SSSR count). The van der Waals surface area contributed by atoms with Crippen molar-refractivity contribution in [2.75, 3.05) is 10.6 Å². The Balaban J connectivity index is 1.95. The Labute approximate surface area is 153 Å². The number of nitrogens with zero attached hydrogens (tertiary/aromatic N) is 2. The number of amides is 1. The van der Waals surface area contributed by atoms with Crippen molar-refractivity contribution in [2.24, 2.45) is 0 Å². The fraction of sp³-hybridized carbons (Fsp3) is 0.190. The van der Waals surface area contributed by atoms with Crippen molar-refractivity contribution in [3.8, 4) is 11.4 Å². The molecular formula is C21H22N4O. The number of carbonyl (C=O) groups excluding carboxylic acids is 1. The van der Waals surface area contributed by atoms with Crippen molar-refractivity contribution in [3.05, 3.63) is 72.4 Å². The highest BCUT2D eigenvalue weighted by Crippen LogP contribution is 2.19.